The van der Waals surface area contributed by atoms with Crippen LogP contribution in [0.2, 0.25) is 10.0 Å². The molecule has 3 aromatic rings. The van der Waals surface area contributed by atoms with Crippen LogP contribution in [0, 0.1) is 0 Å². The fourth-order valence-corrected chi connectivity index (χ4v) is 5.41. The Balaban J connectivity index is 1.80. The van der Waals surface area contributed by atoms with E-state index >= 15 is 0 Å². The Bertz CT molecular complexity index is 1680. The molecule has 0 amide bonds. The number of aromatic hydroxyl groups is 1. The van der Waals surface area contributed by atoms with E-state index < -0.39 is 54.3 Å². The highest BCUT2D eigenvalue weighted by molar-refractivity contribution is 6.33. The minimum Gasteiger partial charge on any atom is -0.506 e. The molecule has 0 aliphatic carbocycles. The van der Waals surface area contributed by atoms with E-state index in [-0.39, 0.29) is 61.0 Å². The monoisotopic (exact) mass is 631 g/mol. The summed E-state index contributed by atoms with van der Waals surface area (Å²) in [4.78, 5) is 60.6. The van der Waals surface area contributed by atoms with Gasteiger partial charge < -0.3 is 39.2 Å². The van der Waals surface area contributed by atoms with E-state index in [1.165, 1.54) is 24.3 Å². The number of benzene rings is 3. The van der Waals surface area contributed by atoms with E-state index in [1.807, 2.05) is 0 Å². The summed E-state index contributed by atoms with van der Waals surface area (Å²) in [6.07, 6.45) is 0. The van der Waals surface area contributed by atoms with Crippen molar-refractivity contribution in [3.05, 3.63) is 68.7 Å². The minimum atomic E-state index is -1.90. The van der Waals surface area contributed by atoms with Crippen LogP contribution in [0.5, 0.6) is 28.7 Å². The average molecular weight is 632 g/mol. The molecule has 2 aliphatic heterocycles. The summed E-state index contributed by atoms with van der Waals surface area (Å²) in [6.45, 7) is 0.713. The molecule has 2 heterocycles. The van der Waals surface area contributed by atoms with Crippen LogP contribution in [-0.4, -0.2) is 58.3 Å². The lowest BCUT2D eigenvalue weighted by molar-refractivity contribution is -0.137. The van der Waals surface area contributed by atoms with Gasteiger partial charge in [-0.25, -0.2) is 4.79 Å². The first kappa shape index (κ1) is 29.5. The van der Waals surface area contributed by atoms with E-state index in [1.54, 1.807) is 0 Å². The van der Waals surface area contributed by atoms with Crippen LogP contribution in [0.1, 0.15) is 40.9 Å². The van der Waals surface area contributed by atoms with Crippen LogP contribution in [0.4, 0.5) is 5.69 Å². The number of aliphatic carboxylic acids is 2. The number of ether oxygens (including phenoxy) is 4. The molecule has 0 aromatic heterocycles. The predicted octanol–water partition coefficient (Wildman–Crippen LogP) is 4.09. The Morgan fingerprint density at radius 3 is 1.74 bits per heavy atom. The number of phenols is 1. The lowest BCUT2D eigenvalue weighted by Crippen LogP contribution is -2.35. The number of hydrogen-bond donors (Lipinski definition) is 3. The second-order valence-electron chi connectivity index (χ2n) is 9.45. The third-order valence-corrected chi connectivity index (χ3v) is 7.10. The third kappa shape index (κ3) is 5.13. The van der Waals surface area contributed by atoms with Crippen LogP contribution in [0.3, 0.4) is 0 Å². The zero-order valence-electron chi connectivity index (χ0n) is 22.1. The Kier molecular flexibility index (Phi) is 7.32. The first-order valence-corrected chi connectivity index (χ1v) is 13.0. The molecule has 13 nitrogen and oxygen atoms in total. The van der Waals surface area contributed by atoms with E-state index in [2.05, 4.69) is 0 Å². The molecule has 0 fully saturated rings. The van der Waals surface area contributed by atoms with Crippen LogP contribution >= 0.6 is 23.2 Å². The fourth-order valence-electron chi connectivity index (χ4n) is 5.01. The second-order valence-corrected chi connectivity index (χ2v) is 10.3. The Hall–Kier alpha value is -5.01. The number of carboxylic acid groups (broad SMARTS) is 2. The van der Waals surface area contributed by atoms with Crippen molar-refractivity contribution >= 4 is 58.7 Å². The summed E-state index contributed by atoms with van der Waals surface area (Å²) < 4.78 is 22.4. The molecule has 0 bridgehead atoms. The molecule has 0 saturated heterocycles. The maximum absolute atomic E-state index is 13.5. The van der Waals surface area contributed by atoms with E-state index in [0.717, 1.165) is 30.9 Å². The number of halogens is 2. The number of anilines is 1. The van der Waals surface area contributed by atoms with Gasteiger partial charge in [-0.2, -0.15) is 0 Å². The number of carboxylic acids is 2. The van der Waals surface area contributed by atoms with Gasteiger partial charge in [0.2, 0.25) is 0 Å². The summed E-state index contributed by atoms with van der Waals surface area (Å²) in [5.41, 5.74) is -1.99. The molecular formula is C28H19Cl2NO12. The van der Waals surface area contributed by atoms with E-state index in [4.69, 9.17) is 42.1 Å². The van der Waals surface area contributed by atoms with Gasteiger partial charge in [0.15, 0.2) is 17.1 Å². The Labute approximate surface area is 251 Å². The molecular weight excluding hydrogens is 613 g/mol. The van der Waals surface area contributed by atoms with Gasteiger partial charge in [-0.3, -0.25) is 19.2 Å². The predicted molar refractivity (Wildman–Crippen MR) is 146 cm³/mol. The topological polar surface area (TPSA) is 186 Å². The van der Waals surface area contributed by atoms with Crippen molar-refractivity contribution in [2.45, 2.75) is 19.4 Å². The van der Waals surface area contributed by atoms with E-state index in [0.29, 0.717) is 0 Å². The Morgan fingerprint density at radius 1 is 0.814 bits per heavy atom. The zero-order valence-corrected chi connectivity index (χ0v) is 23.6. The van der Waals surface area contributed by atoms with Gasteiger partial charge in [0.05, 0.1) is 21.3 Å². The lowest BCUT2D eigenvalue weighted by atomic mass is 9.77. The molecule has 0 radical (unpaired) electrons. The van der Waals surface area contributed by atoms with Crippen molar-refractivity contribution in [1.29, 1.82) is 0 Å². The minimum absolute atomic E-state index is 0.00634. The molecule has 0 atom stereocenters. The smallest absolute Gasteiger partial charge is 0.340 e. The second kappa shape index (κ2) is 10.7. The molecule has 3 N–H and O–H groups in total. The van der Waals surface area contributed by atoms with Crippen molar-refractivity contribution in [2.75, 3.05) is 18.0 Å². The van der Waals surface area contributed by atoms with Gasteiger partial charge in [0, 0.05) is 42.7 Å². The molecule has 3 aromatic carbocycles. The van der Waals surface area contributed by atoms with Crippen molar-refractivity contribution in [3.63, 3.8) is 0 Å². The number of carbonyl (C=O) groups excluding carboxylic acids is 3. The van der Waals surface area contributed by atoms with Gasteiger partial charge in [-0.1, -0.05) is 23.2 Å². The standard InChI is InChI=1S/C28H19Cl2NO12/c1-11(32)40-23-7-21-15(4-17(23)29)28(16-5-18(30)24(41-12(2)33)8-22(16)42-21)14-6-20(34)19(3-13(14)27(39)43-28)31(9-25(35)36)10-26(37)38/h3-8,34H,9-10H2,1-2H3,(H,35,36)(H,37,38). The van der Waals surface area contributed by atoms with Crippen LogP contribution in [0.15, 0.2) is 36.4 Å². The third-order valence-electron chi connectivity index (χ3n) is 6.51. The largest absolute Gasteiger partial charge is 0.506 e. The number of rotatable bonds is 7. The highest BCUT2D eigenvalue weighted by Crippen LogP contribution is 2.59. The summed E-state index contributed by atoms with van der Waals surface area (Å²) in [5, 5.41) is 29.6. The fraction of sp³-hybridized carbons (Fsp3) is 0.179. The summed E-state index contributed by atoms with van der Waals surface area (Å²) >= 11 is 12.9. The van der Waals surface area contributed by atoms with Gasteiger partial charge in [0.1, 0.15) is 30.3 Å². The molecule has 43 heavy (non-hydrogen) atoms. The number of fused-ring (bicyclic) bond motifs is 6. The van der Waals surface area contributed by atoms with Crippen molar-refractivity contribution in [3.8, 4) is 28.7 Å². The highest BCUT2D eigenvalue weighted by atomic mass is 35.5. The maximum Gasteiger partial charge on any atom is 0.340 e. The average Bonchev–Trinajstić information content (AvgIpc) is 3.16. The molecule has 0 saturated carbocycles. The van der Waals surface area contributed by atoms with Gasteiger partial charge in [-0.05, 0) is 24.3 Å². The zero-order chi connectivity index (χ0) is 31.4. The summed E-state index contributed by atoms with van der Waals surface area (Å²) in [5.74, 6) is -5.78. The van der Waals surface area contributed by atoms with Crippen molar-refractivity contribution in [1.82, 2.24) is 0 Å². The lowest BCUT2D eigenvalue weighted by Gasteiger charge is -2.37. The molecule has 5 rings (SSSR count). The molecule has 15 heteroatoms. The van der Waals surface area contributed by atoms with Crippen LogP contribution < -0.4 is 19.1 Å². The van der Waals surface area contributed by atoms with Gasteiger partial charge >= 0.3 is 29.8 Å². The Morgan fingerprint density at radius 2 is 1.30 bits per heavy atom. The number of esters is 3. The van der Waals surface area contributed by atoms with Crippen molar-refractivity contribution < 1.29 is 58.2 Å². The maximum atomic E-state index is 13.5. The molecule has 0 unspecified atom stereocenters. The summed E-state index contributed by atoms with van der Waals surface area (Å²) in [7, 11) is 0. The molecule has 2 aliphatic rings. The molecule has 222 valence electrons. The van der Waals surface area contributed by atoms with Gasteiger partial charge in [0.25, 0.3) is 0 Å². The summed E-state index contributed by atoms with van der Waals surface area (Å²) in [6, 6.07) is 7.48. The number of nitrogens with zero attached hydrogens (tertiary/aromatic N) is 1. The first-order valence-electron chi connectivity index (χ1n) is 12.2. The molecule has 1 spiro atoms. The van der Waals surface area contributed by atoms with Crippen LogP contribution in [0.25, 0.3) is 0 Å². The van der Waals surface area contributed by atoms with E-state index in [9.17, 15) is 39.3 Å². The number of hydrogen-bond acceptors (Lipinski definition) is 11. The van der Waals surface area contributed by atoms with Crippen LogP contribution in [-0.2, 0) is 29.5 Å². The number of carbonyl (C=O) groups is 5. The van der Waals surface area contributed by atoms with Crippen molar-refractivity contribution in [2.24, 2.45) is 0 Å². The normalized spacial score (nSPS) is 13.6. The SMILES string of the molecule is CC(=O)Oc1cc2c(cc1Cl)C1(OC(=O)c3cc(N(CC(=O)O)CC(=O)O)c(O)cc31)c1cc(Cl)c(OC(C)=O)cc1O2. The van der Waals surface area contributed by atoms with Gasteiger partial charge in [-0.15, -0.1) is 0 Å². The number of phenolic OH excluding ortho intramolecular Hbond substituents is 1. The first-order chi connectivity index (χ1) is 20.2. The quantitative estimate of drug-likeness (QED) is 0.250. The highest BCUT2D eigenvalue weighted by Gasteiger charge is 2.55.